The fourth-order valence-corrected chi connectivity index (χ4v) is 3.40. The topological polar surface area (TPSA) is 75.4 Å². The molecule has 1 unspecified atom stereocenters. The molecular weight excluding hydrogens is 322 g/mol. The number of benzene rings is 1. The van der Waals surface area contributed by atoms with E-state index in [0.29, 0.717) is 6.54 Å². The minimum absolute atomic E-state index is 0. The minimum atomic E-state index is -0.304. The number of carbonyl (C=O) groups is 2. The Kier molecular flexibility index (Phi) is 7.72. The van der Waals surface area contributed by atoms with Gasteiger partial charge in [0.1, 0.15) is 0 Å². The van der Waals surface area contributed by atoms with Crippen molar-refractivity contribution >= 4 is 36.0 Å². The van der Waals surface area contributed by atoms with Crippen molar-refractivity contribution in [2.45, 2.75) is 13.0 Å². The van der Waals surface area contributed by atoms with Crippen LogP contribution in [0.15, 0.2) is 24.3 Å². The highest BCUT2D eigenvalue weighted by Gasteiger charge is 2.28. The van der Waals surface area contributed by atoms with E-state index in [-0.39, 0.29) is 43.4 Å². The van der Waals surface area contributed by atoms with Gasteiger partial charge in [-0.2, -0.15) is 11.8 Å². The van der Waals surface area contributed by atoms with E-state index in [9.17, 15) is 9.59 Å². The van der Waals surface area contributed by atoms with Crippen molar-refractivity contribution < 1.29 is 9.59 Å². The van der Waals surface area contributed by atoms with Gasteiger partial charge in [-0.1, -0.05) is 29.8 Å². The van der Waals surface area contributed by atoms with Gasteiger partial charge in [-0.25, -0.2) is 0 Å². The van der Waals surface area contributed by atoms with Crippen molar-refractivity contribution in [3.63, 3.8) is 0 Å². The maximum Gasteiger partial charge on any atom is 0.242 e. The van der Waals surface area contributed by atoms with E-state index < -0.39 is 0 Å². The predicted octanol–water partition coefficient (Wildman–Crippen LogP) is 1.11. The lowest BCUT2D eigenvalue weighted by Crippen LogP contribution is -2.46. The predicted molar refractivity (Wildman–Crippen MR) is 92.3 cm³/mol. The SMILES string of the molecule is Cc1ccc(C2CSCCN2C(=O)CNC(=O)CN)cc1.Cl. The first-order valence-electron chi connectivity index (χ1n) is 7.02. The third-order valence-corrected chi connectivity index (χ3v) is 4.56. The Hall–Kier alpha value is -1.24. The Morgan fingerprint density at radius 1 is 1.36 bits per heavy atom. The Bertz CT molecular complexity index is 510. The average molecular weight is 344 g/mol. The average Bonchev–Trinajstić information content (AvgIpc) is 2.53. The van der Waals surface area contributed by atoms with Crippen molar-refractivity contribution in [1.82, 2.24) is 10.2 Å². The van der Waals surface area contributed by atoms with E-state index in [0.717, 1.165) is 17.1 Å². The van der Waals surface area contributed by atoms with Crippen LogP contribution >= 0.6 is 24.2 Å². The quantitative estimate of drug-likeness (QED) is 0.858. The number of thioether (sulfide) groups is 1. The standard InChI is InChI=1S/C15H21N3O2S.ClH/c1-11-2-4-12(5-3-11)13-10-21-7-6-18(13)15(20)9-17-14(19)8-16;/h2-5,13H,6-10,16H2,1H3,(H,17,19);1H. The number of hydrogen-bond acceptors (Lipinski definition) is 4. The first-order valence-corrected chi connectivity index (χ1v) is 8.18. The second-order valence-corrected chi connectivity index (χ2v) is 6.22. The number of halogens is 1. The van der Waals surface area contributed by atoms with Gasteiger partial charge in [0.2, 0.25) is 11.8 Å². The molecule has 0 aliphatic carbocycles. The number of rotatable bonds is 4. The lowest BCUT2D eigenvalue weighted by atomic mass is 10.0. The van der Waals surface area contributed by atoms with Crippen LogP contribution in [0.25, 0.3) is 0 Å². The van der Waals surface area contributed by atoms with Crippen molar-refractivity contribution in [3.8, 4) is 0 Å². The van der Waals surface area contributed by atoms with Crippen LogP contribution in [0.2, 0.25) is 0 Å². The van der Waals surface area contributed by atoms with Crippen molar-refractivity contribution in [2.75, 3.05) is 31.1 Å². The number of hydrogen-bond donors (Lipinski definition) is 2. The summed E-state index contributed by atoms with van der Waals surface area (Å²) in [6, 6.07) is 8.35. The van der Waals surface area contributed by atoms with E-state index in [2.05, 4.69) is 29.6 Å². The van der Waals surface area contributed by atoms with Gasteiger partial charge in [0.15, 0.2) is 0 Å². The minimum Gasteiger partial charge on any atom is -0.346 e. The zero-order valence-electron chi connectivity index (χ0n) is 12.6. The number of carbonyl (C=O) groups excluding carboxylic acids is 2. The molecule has 1 fully saturated rings. The lowest BCUT2D eigenvalue weighted by molar-refractivity contribution is -0.134. The summed E-state index contributed by atoms with van der Waals surface area (Å²) in [4.78, 5) is 25.4. The smallest absolute Gasteiger partial charge is 0.242 e. The zero-order valence-corrected chi connectivity index (χ0v) is 14.2. The number of aryl methyl sites for hydroxylation is 1. The molecule has 5 nitrogen and oxygen atoms in total. The normalized spacial score (nSPS) is 17.5. The van der Waals surface area contributed by atoms with Gasteiger partial charge < -0.3 is 16.0 Å². The van der Waals surface area contributed by atoms with Crippen LogP contribution in [0.1, 0.15) is 17.2 Å². The molecule has 1 heterocycles. The maximum absolute atomic E-state index is 12.3. The van der Waals surface area contributed by atoms with E-state index in [1.807, 2.05) is 23.6 Å². The third-order valence-electron chi connectivity index (χ3n) is 3.53. The first-order chi connectivity index (χ1) is 10.1. The van der Waals surface area contributed by atoms with Gasteiger partial charge in [-0.05, 0) is 12.5 Å². The molecule has 1 aromatic carbocycles. The maximum atomic E-state index is 12.3. The lowest BCUT2D eigenvalue weighted by Gasteiger charge is -2.36. The molecule has 0 saturated carbocycles. The molecule has 0 bridgehead atoms. The van der Waals surface area contributed by atoms with Gasteiger partial charge in [-0.15, -0.1) is 12.4 Å². The van der Waals surface area contributed by atoms with Gasteiger partial charge >= 0.3 is 0 Å². The summed E-state index contributed by atoms with van der Waals surface area (Å²) < 4.78 is 0. The molecule has 2 rings (SSSR count). The number of nitrogens with two attached hydrogens (primary N) is 1. The molecular formula is C15H22ClN3O2S. The van der Waals surface area contributed by atoms with Crippen LogP contribution in [0.4, 0.5) is 0 Å². The summed E-state index contributed by atoms with van der Waals surface area (Å²) in [5.41, 5.74) is 7.58. The highest BCUT2D eigenvalue weighted by Crippen LogP contribution is 2.29. The molecule has 3 N–H and O–H groups in total. The van der Waals surface area contributed by atoms with Crippen LogP contribution < -0.4 is 11.1 Å². The number of nitrogens with zero attached hydrogens (tertiary/aromatic N) is 1. The zero-order chi connectivity index (χ0) is 15.2. The number of amides is 2. The molecule has 22 heavy (non-hydrogen) atoms. The Balaban J connectivity index is 0.00000242. The van der Waals surface area contributed by atoms with Crippen LogP contribution in [0.5, 0.6) is 0 Å². The van der Waals surface area contributed by atoms with Crippen LogP contribution in [0.3, 0.4) is 0 Å². The summed E-state index contributed by atoms with van der Waals surface area (Å²) in [7, 11) is 0. The fraction of sp³-hybridized carbons (Fsp3) is 0.467. The molecule has 1 atom stereocenters. The van der Waals surface area contributed by atoms with Crippen molar-refractivity contribution in [3.05, 3.63) is 35.4 Å². The summed E-state index contributed by atoms with van der Waals surface area (Å²) in [5, 5.41) is 2.55. The molecule has 0 radical (unpaired) electrons. The van der Waals surface area contributed by atoms with Crippen molar-refractivity contribution in [1.29, 1.82) is 0 Å². The first kappa shape index (κ1) is 18.8. The van der Waals surface area contributed by atoms with E-state index >= 15 is 0 Å². The molecule has 2 amide bonds. The summed E-state index contributed by atoms with van der Waals surface area (Å²) >= 11 is 1.85. The summed E-state index contributed by atoms with van der Waals surface area (Å²) in [6.07, 6.45) is 0. The summed E-state index contributed by atoms with van der Waals surface area (Å²) in [6.45, 7) is 2.68. The monoisotopic (exact) mass is 343 g/mol. The number of nitrogens with one attached hydrogen (secondary N) is 1. The Morgan fingerprint density at radius 2 is 2.05 bits per heavy atom. The van der Waals surface area contributed by atoms with Gasteiger partial charge in [-0.3, -0.25) is 9.59 Å². The van der Waals surface area contributed by atoms with E-state index in [1.54, 1.807) is 0 Å². The van der Waals surface area contributed by atoms with Gasteiger partial charge in [0.25, 0.3) is 0 Å². The molecule has 122 valence electrons. The molecule has 1 saturated heterocycles. The molecule has 1 aliphatic rings. The fourth-order valence-electron chi connectivity index (χ4n) is 2.31. The van der Waals surface area contributed by atoms with Crippen LogP contribution in [0, 0.1) is 6.92 Å². The van der Waals surface area contributed by atoms with E-state index in [1.165, 1.54) is 5.56 Å². The Morgan fingerprint density at radius 3 is 2.68 bits per heavy atom. The third kappa shape index (κ3) is 4.90. The van der Waals surface area contributed by atoms with Gasteiger partial charge in [0.05, 0.1) is 19.1 Å². The largest absolute Gasteiger partial charge is 0.346 e. The second kappa shape index (κ2) is 9.02. The van der Waals surface area contributed by atoms with Crippen LogP contribution in [-0.4, -0.2) is 47.9 Å². The molecule has 0 spiro atoms. The Labute approximate surface area is 141 Å². The molecule has 1 aromatic rings. The molecule has 7 heteroatoms. The van der Waals surface area contributed by atoms with Crippen molar-refractivity contribution in [2.24, 2.45) is 5.73 Å². The highest BCUT2D eigenvalue weighted by molar-refractivity contribution is 7.99. The molecule has 1 aliphatic heterocycles. The highest BCUT2D eigenvalue weighted by atomic mass is 35.5. The second-order valence-electron chi connectivity index (χ2n) is 5.07. The van der Waals surface area contributed by atoms with E-state index in [4.69, 9.17) is 5.73 Å². The molecule has 0 aromatic heterocycles. The van der Waals surface area contributed by atoms with Gasteiger partial charge in [0, 0.05) is 18.1 Å². The van der Waals surface area contributed by atoms with Crippen LogP contribution in [-0.2, 0) is 9.59 Å². The summed E-state index contributed by atoms with van der Waals surface area (Å²) in [5.74, 6) is 1.46.